The number of para-hydroxylation sites is 2. The summed E-state index contributed by atoms with van der Waals surface area (Å²) in [7, 11) is 0. The summed E-state index contributed by atoms with van der Waals surface area (Å²) >= 11 is 0. The molecule has 1 unspecified atom stereocenters. The molecule has 26 heavy (non-hydrogen) atoms. The minimum Gasteiger partial charge on any atom is -0.473 e. The number of benzene rings is 2. The average molecular weight is 349 g/mol. The van der Waals surface area contributed by atoms with Crippen molar-refractivity contribution in [2.45, 2.75) is 6.10 Å². The fourth-order valence-corrected chi connectivity index (χ4v) is 2.47. The Balaban J connectivity index is 1.67. The molecule has 0 spiro atoms. The topological polar surface area (TPSA) is 90.7 Å². The highest BCUT2D eigenvalue weighted by atomic mass is 16.6. The van der Waals surface area contributed by atoms with E-state index in [2.05, 4.69) is 9.97 Å². The SMILES string of the molecule is O=[N+]([O-])c1cccc(/C=C/c2nc3ccccc3nc2OCC2CO2)c1. The Morgan fingerprint density at radius 1 is 1.15 bits per heavy atom. The van der Waals surface area contributed by atoms with Crippen LogP contribution in [-0.4, -0.2) is 34.2 Å². The number of hydrogen-bond donors (Lipinski definition) is 0. The average Bonchev–Trinajstić information content (AvgIpc) is 3.49. The lowest BCUT2D eigenvalue weighted by atomic mass is 10.2. The number of non-ortho nitro benzene ring substituents is 1. The normalized spacial score (nSPS) is 16.1. The molecular weight excluding hydrogens is 334 g/mol. The molecule has 1 fully saturated rings. The third kappa shape index (κ3) is 3.68. The van der Waals surface area contributed by atoms with Crippen molar-refractivity contribution in [2.75, 3.05) is 13.2 Å². The van der Waals surface area contributed by atoms with Crippen LogP contribution >= 0.6 is 0 Å². The van der Waals surface area contributed by atoms with Crippen LogP contribution in [0.3, 0.4) is 0 Å². The van der Waals surface area contributed by atoms with Gasteiger partial charge in [0.2, 0.25) is 5.88 Å². The summed E-state index contributed by atoms with van der Waals surface area (Å²) in [5.41, 5.74) is 2.80. The van der Waals surface area contributed by atoms with Gasteiger partial charge in [-0.3, -0.25) is 10.1 Å². The van der Waals surface area contributed by atoms with Gasteiger partial charge in [-0.15, -0.1) is 0 Å². The zero-order valence-electron chi connectivity index (χ0n) is 13.7. The highest BCUT2D eigenvalue weighted by Crippen LogP contribution is 2.23. The van der Waals surface area contributed by atoms with Gasteiger partial charge in [0.1, 0.15) is 18.4 Å². The molecule has 0 aliphatic carbocycles. The maximum absolute atomic E-state index is 10.9. The highest BCUT2D eigenvalue weighted by Gasteiger charge is 2.24. The predicted molar refractivity (Wildman–Crippen MR) is 96.8 cm³/mol. The van der Waals surface area contributed by atoms with E-state index in [1.807, 2.05) is 24.3 Å². The van der Waals surface area contributed by atoms with Crippen molar-refractivity contribution in [3.63, 3.8) is 0 Å². The Bertz CT molecular complexity index is 999. The quantitative estimate of drug-likeness (QED) is 0.384. The Morgan fingerprint density at radius 2 is 1.92 bits per heavy atom. The number of ether oxygens (including phenoxy) is 2. The molecule has 0 bridgehead atoms. The molecule has 2 aromatic carbocycles. The van der Waals surface area contributed by atoms with Crippen molar-refractivity contribution in [1.29, 1.82) is 0 Å². The van der Waals surface area contributed by atoms with Gasteiger partial charge in [0, 0.05) is 12.1 Å². The number of rotatable bonds is 6. The molecule has 1 aromatic heterocycles. The van der Waals surface area contributed by atoms with Gasteiger partial charge in [0.15, 0.2) is 0 Å². The van der Waals surface area contributed by atoms with E-state index in [0.717, 1.165) is 11.0 Å². The molecule has 2 heterocycles. The van der Waals surface area contributed by atoms with E-state index < -0.39 is 4.92 Å². The Morgan fingerprint density at radius 3 is 2.65 bits per heavy atom. The van der Waals surface area contributed by atoms with E-state index in [-0.39, 0.29) is 11.8 Å². The van der Waals surface area contributed by atoms with E-state index in [0.29, 0.717) is 30.4 Å². The summed E-state index contributed by atoms with van der Waals surface area (Å²) in [5.74, 6) is 0.417. The molecule has 1 aliphatic rings. The number of fused-ring (bicyclic) bond motifs is 1. The Kier molecular flexibility index (Phi) is 4.28. The first-order valence-corrected chi connectivity index (χ1v) is 8.13. The molecule has 4 rings (SSSR count). The molecule has 0 amide bonds. The van der Waals surface area contributed by atoms with Crippen LogP contribution in [0.1, 0.15) is 11.3 Å². The molecule has 7 heteroatoms. The molecule has 0 saturated carbocycles. The van der Waals surface area contributed by atoms with E-state index in [4.69, 9.17) is 9.47 Å². The van der Waals surface area contributed by atoms with Gasteiger partial charge in [-0.05, 0) is 23.8 Å². The predicted octanol–water partition coefficient (Wildman–Crippen LogP) is 3.49. The second-order valence-corrected chi connectivity index (χ2v) is 5.85. The fraction of sp³-hybridized carbons (Fsp3) is 0.158. The van der Waals surface area contributed by atoms with Gasteiger partial charge < -0.3 is 9.47 Å². The monoisotopic (exact) mass is 349 g/mol. The van der Waals surface area contributed by atoms with Crippen molar-refractivity contribution < 1.29 is 14.4 Å². The minimum absolute atomic E-state index is 0.0408. The van der Waals surface area contributed by atoms with Crippen molar-refractivity contribution in [3.8, 4) is 5.88 Å². The van der Waals surface area contributed by atoms with Crippen LogP contribution in [0.2, 0.25) is 0 Å². The summed E-state index contributed by atoms with van der Waals surface area (Å²) in [6, 6.07) is 13.9. The maximum atomic E-state index is 10.9. The lowest BCUT2D eigenvalue weighted by Gasteiger charge is -2.08. The molecule has 1 saturated heterocycles. The lowest BCUT2D eigenvalue weighted by molar-refractivity contribution is -0.384. The molecule has 7 nitrogen and oxygen atoms in total. The van der Waals surface area contributed by atoms with Crippen LogP contribution in [-0.2, 0) is 4.74 Å². The molecule has 130 valence electrons. The van der Waals surface area contributed by atoms with Gasteiger partial charge in [0.05, 0.1) is 22.6 Å². The van der Waals surface area contributed by atoms with Gasteiger partial charge in [0.25, 0.3) is 5.69 Å². The largest absolute Gasteiger partial charge is 0.473 e. The number of nitrogens with zero attached hydrogens (tertiary/aromatic N) is 3. The lowest BCUT2D eigenvalue weighted by Crippen LogP contribution is -2.07. The summed E-state index contributed by atoms with van der Waals surface area (Å²) in [6.07, 6.45) is 3.62. The van der Waals surface area contributed by atoms with E-state index in [9.17, 15) is 10.1 Å². The molecule has 3 aromatic rings. The minimum atomic E-state index is -0.419. The zero-order chi connectivity index (χ0) is 17.9. The molecule has 0 radical (unpaired) electrons. The first-order chi connectivity index (χ1) is 12.7. The van der Waals surface area contributed by atoms with E-state index >= 15 is 0 Å². The van der Waals surface area contributed by atoms with Crippen molar-refractivity contribution in [3.05, 3.63) is 69.9 Å². The van der Waals surface area contributed by atoms with Gasteiger partial charge >= 0.3 is 0 Å². The fourth-order valence-electron chi connectivity index (χ4n) is 2.47. The third-order valence-corrected chi connectivity index (χ3v) is 3.89. The van der Waals surface area contributed by atoms with Crippen LogP contribution < -0.4 is 4.74 Å². The van der Waals surface area contributed by atoms with Crippen LogP contribution in [0.15, 0.2) is 48.5 Å². The zero-order valence-corrected chi connectivity index (χ0v) is 13.7. The van der Waals surface area contributed by atoms with Crippen LogP contribution in [0.4, 0.5) is 5.69 Å². The second-order valence-electron chi connectivity index (χ2n) is 5.85. The number of nitro benzene ring substituents is 1. The number of epoxide rings is 1. The molecule has 1 aliphatic heterocycles. The smallest absolute Gasteiger partial charge is 0.270 e. The maximum Gasteiger partial charge on any atom is 0.270 e. The summed E-state index contributed by atoms with van der Waals surface area (Å²) in [5, 5.41) is 10.9. The van der Waals surface area contributed by atoms with E-state index in [1.54, 1.807) is 24.3 Å². The molecule has 0 N–H and O–H groups in total. The van der Waals surface area contributed by atoms with Crippen molar-refractivity contribution in [1.82, 2.24) is 9.97 Å². The highest BCUT2D eigenvalue weighted by molar-refractivity contribution is 5.79. The number of nitro groups is 1. The third-order valence-electron chi connectivity index (χ3n) is 3.89. The first-order valence-electron chi connectivity index (χ1n) is 8.13. The summed E-state index contributed by atoms with van der Waals surface area (Å²) in [6.45, 7) is 1.12. The first kappa shape index (κ1) is 16.2. The standard InChI is InChI=1S/C19H15N3O4/c23-22(24)14-5-3-4-13(10-14)8-9-18-19(26-12-15-11-25-15)21-17-7-2-1-6-16(17)20-18/h1-10,15H,11-12H2/b9-8+. The number of aromatic nitrogens is 2. The number of hydrogen-bond acceptors (Lipinski definition) is 6. The van der Waals surface area contributed by atoms with E-state index in [1.165, 1.54) is 12.1 Å². The van der Waals surface area contributed by atoms with Crippen LogP contribution in [0.25, 0.3) is 23.2 Å². The van der Waals surface area contributed by atoms with Crippen molar-refractivity contribution >= 4 is 28.9 Å². The van der Waals surface area contributed by atoms with Crippen LogP contribution in [0, 0.1) is 10.1 Å². The molecular formula is C19H15N3O4. The second kappa shape index (κ2) is 6.89. The van der Waals surface area contributed by atoms with Gasteiger partial charge in [-0.1, -0.05) is 30.3 Å². The summed E-state index contributed by atoms with van der Waals surface area (Å²) < 4.78 is 10.9. The van der Waals surface area contributed by atoms with Gasteiger partial charge in [-0.2, -0.15) is 0 Å². The Hall–Kier alpha value is -3.32. The summed E-state index contributed by atoms with van der Waals surface area (Å²) in [4.78, 5) is 19.6. The molecule has 1 atom stereocenters. The Labute approximate surface area is 149 Å². The van der Waals surface area contributed by atoms with Crippen LogP contribution in [0.5, 0.6) is 5.88 Å². The van der Waals surface area contributed by atoms with Crippen molar-refractivity contribution in [2.24, 2.45) is 0 Å². The van der Waals surface area contributed by atoms with Gasteiger partial charge in [-0.25, -0.2) is 9.97 Å².